The second kappa shape index (κ2) is 7.58. The van der Waals surface area contributed by atoms with E-state index in [4.69, 9.17) is 4.74 Å². The molecule has 0 bridgehead atoms. The van der Waals surface area contributed by atoms with E-state index < -0.39 is 0 Å². The summed E-state index contributed by atoms with van der Waals surface area (Å²) in [5.74, 6) is 0.350. The molecule has 2 heterocycles. The van der Waals surface area contributed by atoms with Crippen molar-refractivity contribution in [1.82, 2.24) is 9.80 Å². The van der Waals surface area contributed by atoms with Gasteiger partial charge < -0.3 is 9.64 Å². The molecule has 5 heteroatoms. The number of likely N-dealkylation sites (tertiary alicyclic amines) is 1. The van der Waals surface area contributed by atoms with Crippen molar-refractivity contribution in [3.8, 4) is 6.07 Å². The largest absolute Gasteiger partial charge is 0.378 e. The van der Waals surface area contributed by atoms with Crippen molar-refractivity contribution in [3.05, 3.63) is 35.4 Å². The molecule has 1 atom stereocenters. The maximum absolute atomic E-state index is 12.7. The summed E-state index contributed by atoms with van der Waals surface area (Å²) in [6.45, 7) is 5.26. The third kappa shape index (κ3) is 3.90. The molecule has 3 rings (SSSR count). The molecule has 2 saturated heterocycles. The van der Waals surface area contributed by atoms with Gasteiger partial charge in [0.1, 0.15) is 0 Å². The van der Waals surface area contributed by atoms with E-state index in [-0.39, 0.29) is 11.8 Å². The number of nitrogens with zero attached hydrogens (tertiary/aromatic N) is 3. The van der Waals surface area contributed by atoms with E-state index in [1.807, 2.05) is 29.2 Å². The third-order valence-corrected chi connectivity index (χ3v) is 4.71. The van der Waals surface area contributed by atoms with Crippen molar-refractivity contribution in [2.24, 2.45) is 5.92 Å². The fourth-order valence-corrected chi connectivity index (χ4v) is 3.45. The van der Waals surface area contributed by atoms with Crippen LogP contribution in [-0.2, 0) is 16.1 Å². The van der Waals surface area contributed by atoms with Gasteiger partial charge in [-0.1, -0.05) is 18.2 Å². The van der Waals surface area contributed by atoms with E-state index in [1.165, 1.54) is 0 Å². The molecular weight excluding hydrogens is 290 g/mol. The van der Waals surface area contributed by atoms with Gasteiger partial charge >= 0.3 is 0 Å². The average Bonchev–Trinajstić information content (AvgIpc) is 2.62. The molecule has 0 aliphatic carbocycles. The van der Waals surface area contributed by atoms with Gasteiger partial charge in [-0.05, 0) is 31.0 Å². The van der Waals surface area contributed by atoms with Crippen LogP contribution in [0.3, 0.4) is 0 Å². The number of hydrogen-bond donors (Lipinski definition) is 0. The fourth-order valence-electron chi connectivity index (χ4n) is 3.45. The molecule has 2 fully saturated rings. The van der Waals surface area contributed by atoms with Crippen LogP contribution in [-0.4, -0.2) is 55.1 Å². The molecule has 1 amide bonds. The Bertz CT molecular complexity index is 590. The van der Waals surface area contributed by atoms with Crippen LogP contribution in [0.15, 0.2) is 24.3 Å². The second-order valence-corrected chi connectivity index (χ2v) is 6.28. The molecule has 5 nitrogen and oxygen atoms in total. The average molecular weight is 313 g/mol. The Morgan fingerprint density at radius 3 is 2.83 bits per heavy atom. The maximum Gasteiger partial charge on any atom is 0.227 e. The van der Waals surface area contributed by atoms with E-state index >= 15 is 0 Å². The van der Waals surface area contributed by atoms with Crippen LogP contribution in [0.25, 0.3) is 0 Å². The minimum atomic E-state index is 0.0797. The lowest BCUT2D eigenvalue weighted by Gasteiger charge is -2.36. The lowest BCUT2D eigenvalue weighted by Crippen LogP contribution is -2.48. The highest BCUT2D eigenvalue weighted by Crippen LogP contribution is 2.22. The molecule has 1 unspecified atom stereocenters. The Balaban J connectivity index is 1.62. The first kappa shape index (κ1) is 16.0. The highest BCUT2D eigenvalue weighted by atomic mass is 16.5. The smallest absolute Gasteiger partial charge is 0.227 e. The molecule has 0 saturated carbocycles. The molecule has 2 aliphatic heterocycles. The summed E-state index contributed by atoms with van der Waals surface area (Å²) < 4.78 is 5.33. The predicted molar refractivity (Wildman–Crippen MR) is 86.6 cm³/mol. The summed E-state index contributed by atoms with van der Waals surface area (Å²) in [6, 6.07) is 9.98. The molecule has 1 aromatic carbocycles. The zero-order chi connectivity index (χ0) is 16.1. The number of benzene rings is 1. The van der Waals surface area contributed by atoms with Crippen LogP contribution < -0.4 is 0 Å². The third-order valence-electron chi connectivity index (χ3n) is 4.71. The number of carbonyl (C=O) groups is 1. The topological polar surface area (TPSA) is 56.6 Å². The van der Waals surface area contributed by atoms with Gasteiger partial charge in [-0.25, -0.2) is 0 Å². The first-order valence-electron chi connectivity index (χ1n) is 8.35. The van der Waals surface area contributed by atoms with Gasteiger partial charge in [-0.15, -0.1) is 0 Å². The number of morpholine rings is 1. The SMILES string of the molecule is N#Cc1ccccc1CN1CCCC(C(=O)N2CCOCC2)C1. The number of piperidine rings is 1. The van der Waals surface area contributed by atoms with Crippen LogP contribution in [0.5, 0.6) is 0 Å². The van der Waals surface area contributed by atoms with Gasteiger partial charge in [0.05, 0.1) is 30.8 Å². The quantitative estimate of drug-likeness (QED) is 0.851. The number of amides is 1. The number of ether oxygens (including phenoxy) is 1. The molecule has 2 aliphatic rings. The summed E-state index contributed by atoms with van der Waals surface area (Å²) in [5.41, 5.74) is 1.78. The van der Waals surface area contributed by atoms with Crippen molar-refractivity contribution in [2.45, 2.75) is 19.4 Å². The van der Waals surface area contributed by atoms with E-state index in [2.05, 4.69) is 11.0 Å². The number of rotatable bonds is 3. The van der Waals surface area contributed by atoms with Gasteiger partial charge in [-0.2, -0.15) is 5.26 Å². The lowest BCUT2D eigenvalue weighted by molar-refractivity contribution is -0.141. The number of hydrogen-bond acceptors (Lipinski definition) is 4. The molecule has 0 radical (unpaired) electrons. The lowest BCUT2D eigenvalue weighted by atomic mass is 9.95. The Hall–Kier alpha value is -1.90. The second-order valence-electron chi connectivity index (χ2n) is 6.28. The summed E-state index contributed by atoms with van der Waals surface area (Å²) in [5, 5.41) is 9.22. The molecule has 23 heavy (non-hydrogen) atoms. The van der Waals surface area contributed by atoms with E-state index in [0.717, 1.165) is 43.6 Å². The molecule has 0 spiro atoms. The molecule has 0 aromatic heterocycles. The van der Waals surface area contributed by atoms with Gasteiger partial charge in [0, 0.05) is 26.2 Å². The van der Waals surface area contributed by atoms with Gasteiger partial charge in [0.25, 0.3) is 0 Å². The highest BCUT2D eigenvalue weighted by Gasteiger charge is 2.30. The Morgan fingerprint density at radius 2 is 2.04 bits per heavy atom. The van der Waals surface area contributed by atoms with Gasteiger partial charge in [0.2, 0.25) is 5.91 Å². The fraction of sp³-hybridized carbons (Fsp3) is 0.556. The standard InChI is InChI=1S/C18H23N3O2/c19-12-15-4-1-2-5-16(15)13-20-7-3-6-17(14-20)18(22)21-8-10-23-11-9-21/h1-2,4-5,17H,3,6-11,13-14H2. The van der Waals surface area contributed by atoms with Crippen LogP contribution in [0.1, 0.15) is 24.0 Å². The van der Waals surface area contributed by atoms with Gasteiger partial charge in [-0.3, -0.25) is 9.69 Å². The summed E-state index contributed by atoms with van der Waals surface area (Å²) >= 11 is 0. The van der Waals surface area contributed by atoms with Gasteiger partial charge in [0.15, 0.2) is 0 Å². The van der Waals surface area contributed by atoms with Crippen molar-refractivity contribution in [2.75, 3.05) is 39.4 Å². The molecule has 0 N–H and O–H groups in total. The minimum Gasteiger partial charge on any atom is -0.378 e. The van der Waals surface area contributed by atoms with E-state index in [1.54, 1.807) is 0 Å². The van der Waals surface area contributed by atoms with E-state index in [0.29, 0.717) is 26.3 Å². The first-order chi connectivity index (χ1) is 11.3. The molecule has 1 aromatic rings. The summed E-state index contributed by atoms with van der Waals surface area (Å²) in [4.78, 5) is 16.9. The maximum atomic E-state index is 12.7. The number of nitriles is 1. The van der Waals surface area contributed by atoms with Crippen LogP contribution in [0.4, 0.5) is 0 Å². The Labute approximate surface area is 137 Å². The van der Waals surface area contributed by atoms with Crippen LogP contribution in [0.2, 0.25) is 0 Å². The van der Waals surface area contributed by atoms with Crippen molar-refractivity contribution < 1.29 is 9.53 Å². The Morgan fingerprint density at radius 1 is 1.26 bits per heavy atom. The number of carbonyl (C=O) groups excluding carboxylic acids is 1. The first-order valence-corrected chi connectivity index (χ1v) is 8.35. The van der Waals surface area contributed by atoms with Crippen LogP contribution in [0, 0.1) is 17.2 Å². The summed E-state index contributed by atoms with van der Waals surface area (Å²) in [6.07, 6.45) is 2.00. The normalized spacial score (nSPS) is 22.6. The van der Waals surface area contributed by atoms with Crippen molar-refractivity contribution >= 4 is 5.91 Å². The molecular formula is C18H23N3O2. The summed E-state index contributed by atoms with van der Waals surface area (Å²) in [7, 11) is 0. The van der Waals surface area contributed by atoms with Crippen molar-refractivity contribution in [3.63, 3.8) is 0 Å². The monoisotopic (exact) mass is 313 g/mol. The minimum absolute atomic E-state index is 0.0797. The predicted octanol–water partition coefficient (Wildman–Crippen LogP) is 1.63. The highest BCUT2D eigenvalue weighted by molar-refractivity contribution is 5.79. The van der Waals surface area contributed by atoms with Crippen molar-refractivity contribution in [1.29, 1.82) is 5.26 Å². The zero-order valence-electron chi connectivity index (χ0n) is 13.4. The van der Waals surface area contributed by atoms with E-state index in [9.17, 15) is 10.1 Å². The molecule has 122 valence electrons. The van der Waals surface area contributed by atoms with Crippen LogP contribution >= 0.6 is 0 Å². The Kier molecular flexibility index (Phi) is 5.27. The zero-order valence-corrected chi connectivity index (χ0v) is 13.4.